The Morgan fingerprint density at radius 3 is 1.85 bits per heavy atom. The summed E-state index contributed by atoms with van der Waals surface area (Å²) >= 11 is 0. The van der Waals surface area contributed by atoms with E-state index < -0.39 is 0 Å². The van der Waals surface area contributed by atoms with Gasteiger partial charge in [0.25, 0.3) is 0 Å². The van der Waals surface area contributed by atoms with E-state index in [1.54, 1.807) is 0 Å². The van der Waals surface area contributed by atoms with Crippen molar-refractivity contribution in [3.63, 3.8) is 0 Å². The lowest BCUT2D eigenvalue weighted by Gasteiger charge is -2.32. The second-order valence-electron chi connectivity index (χ2n) is 5.24. The normalized spacial score (nSPS) is 29.5. The molecule has 0 saturated carbocycles. The van der Waals surface area contributed by atoms with Crippen LogP contribution in [0.15, 0.2) is 0 Å². The third-order valence-corrected chi connectivity index (χ3v) is 2.83. The average molecular weight is 183 g/mol. The topological polar surface area (TPSA) is 20.3 Å². The molecule has 1 aliphatic rings. The van der Waals surface area contributed by atoms with Crippen molar-refractivity contribution in [3.05, 3.63) is 0 Å². The van der Waals surface area contributed by atoms with Gasteiger partial charge in [0.05, 0.1) is 0 Å². The number of amides is 1. The summed E-state index contributed by atoms with van der Waals surface area (Å²) in [4.78, 5) is 14.1. The molecular weight excluding hydrogens is 162 g/mol. The summed E-state index contributed by atoms with van der Waals surface area (Å²) in [5.74, 6) is 0.296. The second-order valence-corrected chi connectivity index (χ2v) is 5.24. The summed E-state index contributed by atoms with van der Waals surface area (Å²) < 4.78 is 0. The molecule has 13 heavy (non-hydrogen) atoms. The predicted octanol–water partition coefficient (Wildman–Crippen LogP) is 2.43. The van der Waals surface area contributed by atoms with E-state index in [9.17, 15) is 4.79 Å². The zero-order valence-electron chi connectivity index (χ0n) is 9.42. The fraction of sp³-hybridized carbons (Fsp3) is 0.909. The van der Waals surface area contributed by atoms with Crippen molar-refractivity contribution < 1.29 is 4.79 Å². The van der Waals surface area contributed by atoms with Gasteiger partial charge in [0.15, 0.2) is 0 Å². The third-order valence-electron chi connectivity index (χ3n) is 2.83. The van der Waals surface area contributed by atoms with Gasteiger partial charge in [-0.05, 0) is 26.7 Å². The van der Waals surface area contributed by atoms with Crippen molar-refractivity contribution in [3.8, 4) is 0 Å². The van der Waals surface area contributed by atoms with E-state index in [4.69, 9.17) is 0 Å². The highest BCUT2D eigenvalue weighted by atomic mass is 16.2. The maximum atomic E-state index is 12.0. The molecule has 0 unspecified atom stereocenters. The van der Waals surface area contributed by atoms with Crippen LogP contribution < -0.4 is 0 Å². The second kappa shape index (κ2) is 3.32. The van der Waals surface area contributed by atoms with Crippen LogP contribution in [0, 0.1) is 5.41 Å². The first-order valence-corrected chi connectivity index (χ1v) is 5.17. The number of nitrogens with zero attached hydrogens (tertiary/aromatic N) is 1. The Morgan fingerprint density at radius 2 is 1.54 bits per heavy atom. The molecule has 2 heteroatoms. The zero-order chi connectivity index (χ0) is 10.2. The summed E-state index contributed by atoms with van der Waals surface area (Å²) in [6, 6.07) is 0.864. The molecule has 0 radical (unpaired) electrons. The van der Waals surface area contributed by atoms with Gasteiger partial charge in [0.2, 0.25) is 5.91 Å². The lowest BCUT2D eigenvalue weighted by Crippen LogP contribution is -2.44. The molecule has 1 aliphatic heterocycles. The Balaban J connectivity index is 2.76. The van der Waals surface area contributed by atoms with E-state index in [0.717, 1.165) is 12.8 Å². The van der Waals surface area contributed by atoms with Gasteiger partial charge in [-0.1, -0.05) is 20.8 Å². The minimum absolute atomic E-state index is 0.229. The van der Waals surface area contributed by atoms with Crippen LogP contribution in [-0.2, 0) is 4.79 Å². The van der Waals surface area contributed by atoms with E-state index in [1.165, 1.54) is 0 Å². The number of rotatable bonds is 0. The van der Waals surface area contributed by atoms with E-state index in [2.05, 4.69) is 18.7 Å². The minimum atomic E-state index is -0.229. The molecule has 1 fully saturated rings. The molecule has 2 nitrogen and oxygen atoms in total. The van der Waals surface area contributed by atoms with Crippen LogP contribution in [0.2, 0.25) is 0 Å². The van der Waals surface area contributed by atoms with Crippen molar-refractivity contribution in [1.29, 1.82) is 0 Å². The number of carbonyl (C=O) groups excluding carboxylic acids is 1. The monoisotopic (exact) mass is 183 g/mol. The SMILES string of the molecule is C[C@@H]1CC[C@H](C)N1C(=O)C(C)(C)C. The van der Waals surface area contributed by atoms with Gasteiger partial charge in [-0.25, -0.2) is 0 Å². The Hall–Kier alpha value is -0.530. The molecule has 2 atom stereocenters. The lowest BCUT2D eigenvalue weighted by atomic mass is 9.94. The molecule has 1 heterocycles. The molecule has 1 saturated heterocycles. The van der Waals surface area contributed by atoms with Crippen LogP contribution in [0.1, 0.15) is 47.5 Å². The maximum Gasteiger partial charge on any atom is 0.228 e. The van der Waals surface area contributed by atoms with Gasteiger partial charge in [-0.15, -0.1) is 0 Å². The molecule has 76 valence electrons. The standard InChI is InChI=1S/C11H21NO/c1-8-6-7-9(2)12(8)10(13)11(3,4)5/h8-9H,6-7H2,1-5H3/t8-,9+. The van der Waals surface area contributed by atoms with Crippen LogP contribution in [0.25, 0.3) is 0 Å². The zero-order valence-corrected chi connectivity index (χ0v) is 9.42. The molecule has 1 amide bonds. The van der Waals surface area contributed by atoms with Gasteiger partial charge in [0.1, 0.15) is 0 Å². The highest BCUT2D eigenvalue weighted by Gasteiger charge is 2.36. The third kappa shape index (κ3) is 2.04. The Labute approximate surface area is 81.3 Å². The molecule has 0 aliphatic carbocycles. The smallest absolute Gasteiger partial charge is 0.228 e. The Bertz CT molecular complexity index is 195. The molecule has 0 aromatic rings. The maximum absolute atomic E-state index is 12.0. The van der Waals surface area contributed by atoms with Crippen molar-refractivity contribution >= 4 is 5.91 Å². The van der Waals surface area contributed by atoms with Gasteiger partial charge in [-0.2, -0.15) is 0 Å². The van der Waals surface area contributed by atoms with Crippen LogP contribution >= 0.6 is 0 Å². The van der Waals surface area contributed by atoms with Crippen molar-refractivity contribution in [2.75, 3.05) is 0 Å². The largest absolute Gasteiger partial charge is 0.337 e. The lowest BCUT2D eigenvalue weighted by molar-refractivity contribution is -0.141. The van der Waals surface area contributed by atoms with Crippen molar-refractivity contribution in [1.82, 2.24) is 4.90 Å². The quantitative estimate of drug-likeness (QED) is 0.565. The number of hydrogen-bond acceptors (Lipinski definition) is 1. The van der Waals surface area contributed by atoms with Crippen LogP contribution in [-0.4, -0.2) is 22.9 Å². The highest BCUT2D eigenvalue weighted by Crippen LogP contribution is 2.29. The number of hydrogen-bond donors (Lipinski definition) is 0. The number of likely N-dealkylation sites (tertiary alicyclic amines) is 1. The molecule has 0 spiro atoms. The highest BCUT2D eigenvalue weighted by molar-refractivity contribution is 5.82. The van der Waals surface area contributed by atoms with Crippen LogP contribution in [0.5, 0.6) is 0 Å². The summed E-state index contributed by atoms with van der Waals surface area (Å²) in [6.07, 6.45) is 2.31. The summed E-state index contributed by atoms with van der Waals surface area (Å²) in [6.45, 7) is 10.3. The van der Waals surface area contributed by atoms with Crippen LogP contribution in [0.4, 0.5) is 0 Å². The fourth-order valence-corrected chi connectivity index (χ4v) is 1.98. The van der Waals surface area contributed by atoms with E-state index >= 15 is 0 Å². The Kier molecular flexibility index (Phi) is 2.69. The first-order valence-electron chi connectivity index (χ1n) is 5.17. The number of carbonyl (C=O) groups is 1. The van der Waals surface area contributed by atoms with Gasteiger partial charge >= 0.3 is 0 Å². The van der Waals surface area contributed by atoms with E-state index in [1.807, 2.05) is 20.8 Å². The fourth-order valence-electron chi connectivity index (χ4n) is 1.98. The van der Waals surface area contributed by atoms with E-state index in [-0.39, 0.29) is 5.41 Å². The molecule has 0 bridgehead atoms. The van der Waals surface area contributed by atoms with Crippen molar-refractivity contribution in [2.45, 2.75) is 59.5 Å². The van der Waals surface area contributed by atoms with E-state index in [0.29, 0.717) is 18.0 Å². The van der Waals surface area contributed by atoms with Gasteiger partial charge < -0.3 is 4.90 Å². The summed E-state index contributed by atoms with van der Waals surface area (Å²) in [7, 11) is 0. The van der Waals surface area contributed by atoms with Gasteiger partial charge in [-0.3, -0.25) is 4.79 Å². The molecule has 0 aromatic heterocycles. The molecule has 0 aromatic carbocycles. The molecular formula is C11H21NO. The first kappa shape index (κ1) is 10.6. The summed E-state index contributed by atoms with van der Waals surface area (Å²) in [5, 5.41) is 0. The predicted molar refractivity (Wildman–Crippen MR) is 54.5 cm³/mol. The van der Waals surface area contributed by atoms with Crippen molar-refractivity contribution in [2.24, 2.45) is 5.41 Å². The van der Waals surface area contributed by atoms with Gasteiger partial charge in [0, 0.05) is 17.5 Å². The minimum Gasteiger partial charge on any atom is -0.337 e. The Morgan fingerprint density at radius 1 is 1.15 bits per heavy atom. The van der Waals surface area contributed by atoms with Crippen LogP contribution in [0.3, 0.4) is 0 Å². The summed E-state index contributed by atoms with van der Waals surface area (Å²) in [5.41, 5.74) is -0.229. The molecule has 1 rings (SSSR count). The molecule has 0 N–H and O–H groups in total. The first-order chi connectivity index (χ1) is 5.84. The average Bonchev–Trinajstić information content (AvgIpc) is 2.28.